The zero-order valence-corrected chi connectivity index (χ0v) is 5.75. The minimum absolute atomic E-state index is 0.861. The first-order valence-electron chi connectivity index (χ1n) is 3.41. The Balaban J connectivity index is 1.84. The zero-order valence-electron chi connectivity index (χ0n) is 4.99. The van der Waals surface area contributed by atoms with Crippen molar-refractivity contribution >= 4 is 11.6 Å². The van der Waals surface area contributed by atoms with Crippen LogP contribution in [0, 0.1) is 11.3 Å². The van der Waals surface area contributed by atoms with Gasteiger partial charge in [-0.3, -0.25) is 0 Å². The summed E-state index contributed by atoms with van der Waals surface area (Å²) >= 11 is 5.66. The molecule has 2 rings (SSSR count). The minimum atomic E-state index is 0.861. The molecule has 0 amide bonds. The van der Waals surface area contributed by atoms with Crippen LogP contribution in [0.2, 0.25) is 0 Å². The first kappa shape index (κ1) is 5.10. The second-order valence-electron chi connectivity index (χ2n) is 3.43. The van der Waals surface area contributed by atoms with Crippen molar-refractivity contribution in [3.63, 3.8) is 0 Å². The van der Waals surface area contributed by atoms with E-state index in [-0.39, 0.29) is 0 Å². The fraction of sp³-hybridized carbons (Fsp3) is 1.00. The van der Waals surface area contributed by atoms with Gasteiger partial charge in [0.1, 0.15) is 0 Å². The molecule has 2 fully saturated rings. The molecule has 1 heteroatoms. The molecule has 2 aliphatic rings. The van der Waals surface area contributed by atoms with Crippen molar-refractivity contribution in [1.82, 2.24) is 0 Å². The fourth-order valence-corrected chi connectivity index (χ4v) is 2.08. The zero-order chi connectivity index (χ0) is 5.61. The maximum absolute atomic E-state index is 5.66. The monoisotopic (exact) mass is 130 g/mol. The number of rotatable bonds is 1. The minimum Gasteiger partial charge on any atom is -0.126 e. The summed E-state index contributed by atoms with van der Waals surface area (Å²) in [6, 6.07) is 0. The number of hydrogen-bond acceptors (Lipinski definition) is 0. The topological polar surface area (TPSA) is 0 Å². The number of alkyl halides is 1. The summed E-state index contributed by atoms with van der Waals surface area (Å²) in [5, 5.41) is 0. The van der Waals surface area contributed by atoms with Gasteiger partial charge in [-0.15, -0.1) is 11.6 Å². The van der Waals surface area contributed by atoms with E-state index in [9.17, 15) is 0 Å². The normalized spacial score (nSPS) is 32.6. The van der Waals surface area contributed by atoms with Crippen LogP contribution in [0.3, 0.4) is 0 Å². The van der Waals surface area contributed by atoms with Crippen LogP contribution in [0.15, 0.2) is 0 Å². The molecule has 0 N–H and O–H groups in total. The van der Waals surface area contributed by atoms with Crippen LogP contribution in [0.25, 0.3) is 0 Å². The average molecular weight is 131 g/mol. The summed E-state index contributed by atoms with van der Waals surface area (Å²) in [6.07, 6.45) is 5.88. The van der Waals surface area contributed by atoms with Crippen LogP contribution >= 0.6 is 11.6 Å². The summed E-state index contributed by atoms with van der Waals surface area (Å²) in [4.78, 5) is 0. The number of halogens is 1. The molecule has 0 unspecified atom stereocenters. The van der Waals surface area contributed by atoms with Gasteiger partial charge in [0.15, 0.2) is 0 Å². The Bertz CT molecular complexity index is 97.0. The predicted molar refractivity (Wildman–Crippen MR) is 35.1 cm³/mol. The number of hydrogen-bond donors (Lipinski definition) is 0. The van der Waals surface area contributed by atoms with Crippen LogP contribution in [-0.2, 0) is 0 Å². The first-order valence-corrected chi connectivity index (χ1v) is 3.94. The second kappa shape index (κ2) is 1.41. The molecule has 0 saturated heterocycles. The molecule has 1 spiro atoms. The Morgan fingerprint density at radius 2 is 2.00 bits per heavy atom. The molecule has 2 aliphatic carbocycles. The first-order chi connectivity index (χ1) is 3.85. The van der Waals surface area contributed by atoms with Crippen LogP contribution in [-0.4, -0.2) is 5.88 Å². The molecular formula is C7H11Cl. The molecular weight excluding hydrogens is 120 g/mol. The summed E-state index contributed by atoms with van der Waals surface area (Å²) in [6.45, 7) is 0. The van der Waals surface area contributed by atoms with E-state index in [4.69, 9.17) is 11.6 Å². The highest BCUT2D eigenvalue weighted by Crippen LogP contribution is 2.63. The van der Waals surface area contributed by atoms with Gasteiger partial charge in [0.2, 0.25) is 0 Å². The molecule has 0 heterocycles. The average Bonchev–Trinajstić information content (AvgIpc) is 2.38. The Morgan fingerprint density at radius 1 is 1.38 bits per heavy atom. The molecule has 0 radical (unpaired) electrons. The molecule has 46 valence electrons. The standard InChI is InChI=1S/C7H11Cl/c8-5-6-3-7(4-6)1-2-7/h6H,1-5H2. The van der Waals surface area contributed by atoms with Gasteiger partial charge >= 0.3 is 0 Å². The SMILES string of the molecule is ClCC1CC2(CC2)C1. The van der Waals surface area contributed by atoms with E-state index in [1.54, 1.807) is 0 Å². The molecule has 0 nitrogen and oxygen atoms in total. The molecule has 0 aromatic carbocycles. The summed E-state index contributed by atoms with van der Waals surface area (Å²) in [5.74, 6) is 1.79. The van der Waals surface area contributed by atoms with E-state index in [0.717, 1.165) is 17.2 Å². The van der Waals surface area contributed by atoms with Crippen molar-refractivity contribution in [2.75, 3.05) is 5.88 Å². The smallest absolute Gasteiger partial charge is 0.0252 e. The van der Waals surface area contributed by atoms with E-state index in [1.165, 1.54) is 25.7 Å². The van der Waals surface area contributed by atoms with Gasteiger partial charge in [-0.2, -0.15) is 0 Å². The van der Waals surface area contributed by atoms with Crippen LogP contribution < -0.4 is 0 Å². The van der Waals surface area contributed by atoms with Gasteiger partial charge in [-0.05, 0) is 37.0 Å². The van der Waals surface area contributed by atoms with Gasteiger partial charge in [-0.25, -0.2) is 0 Å². The second-order valence-corrected chi connectivity index (χ2v) is 3.74. The van der Waals surface area contributed by atoms with Crippen molar-refractivity contribution in [3.05, 3.63) is 0 Å². The highest BCUT2D eigenvalue weighted by atomic mass is 35.5. The summed E-state index contributed by atoms with van der Waals surface area (Å²) in [5.41, 5.74) is 0.861. The quantitative estimate of drug-likeness (QED) is 0.479. The molecule has 0 aromatic heterocycles. The van der Waals surface area contributed by atoms with Crippen LogP contribution in [0.1, 0.15) is 25.7 Å². The van der Waals surface area contributed by atoms with Crippen molar-refractivity contribution in [1.29, 1.82) is 0 Å². The van der Waals surface area contributed by atoms with Crippen LogP contribution in [0.4, 0.5) is 0 Å². The predicted octanol–water partition coefficient (Wildman–Crippen LogP) is 2.42. The molecule has 2 saturated carbocycles. The molecule has 0 aromatic rings. The van der Waals surface area contributed by atoms with E-state index >= 15 is 0 Å². The van der Waals surface area contributed by atoms with E-state index in [0.29, 0.717) is 0 Å². The third kappa shape index (κ3) is 0.589. The summed E-state index contributed by atoms with van der Waals surface area (Å²) in [7, 11) is 0. The molecule has 0 bridgehead atoms. The lowest BCUT2D eigenvalue weighted by Crippen LogP contribution is -2.25. The lowest BCUT2D eigenvalue weighted by atomic mass is 9.73. The molecule has 0 atom stereocenters. The van der Waals surface area contributed by atoms with Gasteiger partial charge in [0.05, 0.1) is 0 Å². The lowest BCUT2D eigenvalue weighted by Gasteiger charge is -2.34. The van der Waals surface area contributed by atoms with Crippen molar-refractivity contribution < 1.29 is 0 Å². The Hall–Kier alpha value is 0.290. The summed E-state index contributed by atoms with van der Waals surface area (Å²) < 4.78 is 0. The maximum atomic E-state index is 5.66. The van der Waals surface area contributed by atoms with E-state index in [1.807, 2.05) is 0 Å². The Kier molecular flexibility index (Phi) is 0.901. The van der Waals surface area contributed by atoms with Crippen molar-refractivity contribution in [2.24, 2.45) is 11.3 Å². The highest BCUT2D eigenvalue weighted by molar-refractivity contribution is 6.18. The molecule has 8 heavy (non-hydrogen) atoms. The fourth-order valence-electron chi connectivity index (χ4n) is 1.86. The third-order valence-electron chi connectivity index (χ3n) is 2.62. The van der Waals surface area contributed by atoms with Crippen LogP contribution in [0.5, 0.6) is 0 Å². The van der Waals surface area contributed by atoms with Gasteiger partial charge in [0.25, 0.3) is 0 Å². The Labute approximate surface area is 55.2 Å². The van der Waals surface area contributed by atoms with Gasteiger partial charge < -0.3 is 0 Å². The van der Waals surface area contributed by atoms with Crippen molar-refractivity contribution in [3.8, 4) is 0 Å². The Morgan fingerprint density at radius 3 is 2.38 bits per heavy atom. The van der Waals surface area contributed by atoms with E-state index < -0.39 is 0 Å². The highest BCUT2D eigenvalue weighted by Gasteiger charge is 2.52. The van der Waals surface area contributed by atoms with E-state index in [2.05, 4.69) is 0 Å². The van der Waals surface area contributed by atoms with Gasteiger partial charge in [0, 0.05) is 5.88 Å². The largest absolute Gasteiger partial charge is 0.126 e. The lowest BCUT2D eigenvalue weighted by molar-refractivity contribution is 0.190. The van der Waals surface area contributed by atoms with Crippen molar-refractivity contribution in [2.45, 2.75) is 25.7 Å². The third-order valence-corrected chi connectivity index (χ3v) is 3.06. The molecule has 0 aliphatic heterocycles. The maximum Gasteiger partial charge on any atom is 0.0252 e. The van der Waals surface area contributed by atoms with Gasteiger partial charge in [-0.1, -0.05) is 0 Å².